The van der Waals surface area contributed by atoms with E-state index in [0.717, 1.165) is 38.3 Å². The van der Waals surface area contributed by atoms with Crippen molar-refractivity contribution in [3.63, 3.8) is 0 Å². The number of benzene rings is 2. The summed E-state index contributed by atoms with van der Waals surface area (Å²) in [5, 5.41) is 3.65. The number of pyridine rings is 1. The van der Waals surface area contributed by atoms with E-state index in [-0.39, 0.29) is 48.9 Å². The lowest BCUT2D eigenvalue weighted by Gasteiger charge is -2.41. The van der Waals surface area contributed by atoms with Crippen molar-refractivity contribution < 1.29 is 36.9 Å². The summed E-state index contributed by atoms with van der Waals surface area (Å²) in [6.45, 7) is 7.83. The average Bonchev–Trinajstić information content (AvgIpc) is 3.37. The van der Waals surface area contributed by atoms with Crippen molar-refractivity contribution >= 4 is 33.7 Å². The van der Waals surface area contributed by atoms with E-state index in [1.807, 2.05) is 25.7 Å². The first kappa shape index (κ1) is 36.0. The van der Waals surface area contributed by atoms with Crippen molar-refractivity contribution in [2.75, 3.05) is 51.6 Å². The molecule has 7 rings (SSSR count). The molecule has 3 fully saturated rings. The number of amides is 1. The molecule has 2 aromatic carbocycles. The third-order valence-electron chi connectivity index (χ3n) is 9.89. The largest absolute Gasteiger partial charge is 0.468 e. The van der Waals surface area contributed by atoms with Crippen LogP contribution in [0.4, 0.5) is 23.8 Å². The number of halogens is 3. The number of aromatic nitrogens is 3. The Morgan fingerprint density at radius 2 is 1.83 bits per heavy atom. The molecule has 4 atom stereocenters. The predicted octanol–water partition coefficient (Wildman–Crippen LogP) is 6.80. The summed E-state index contributed by atoms with van der Waals surface area (Å²) in [5.41, 5.74) is 1.14. The number of ether oxygens (including phenoxy) is 4. The number of nitrogens with zero attached hydrogens (tertiary/aromatic N) is 5. The maximum absolute atomic E-state index is 15.4. The van der Waals surface area contributed by atoms with Crippen molar-refractivity contribution in [2.24, 2.45) is 5.92 Å². The fourth-order valence-electron chi connectivity index (χ4n) is 7.59. The van der Waals surface area contributed by atoms with Gasteiger partial charge in [0.05, 0.1) is 24.2 Å². The highest BCUT2D eigenvalue weighted by Crippen LogP contribution is 2.39. The number of nitrogens with one attached hydrogen (secondary N) is 1. The smallest absolute Gasteiger partial charge is 0.410 e. The van der Waals surface area contributed by atoms with Crippen molar-refractivity contribution in [2.45, 2.75) is 76.7 Å². The fraction of sp³-hybridized carbons (Fsp3) is 0.526. The van der Waals surface area contributed by atoms with E-state index in [4.69, 9.17) is 33.9 Å². The van der Waals surface area contributed by atoms with Crippen LogP contribution in [0, 0.1) is 17.6 Å². The molecule has 11 nitrogen and oxygen atoms in total. The van der Waals surface area contributed by atoms with Crippen molar-refractivity contribution in [3.8, 4) is 22.9 Å². The summed E-state index contributed by atoms with van der Waals surface area (Å²) in [5.74, 6) is -1.04. The molecule has 0 spiro atoms. The van der Waals surface area contributed by atoms with Crippen molar-refractivity contribution in [3.05, 3.63) is 48.2 Å². The number of piperazine rings is 1. The summed E-state index contributed by atoms with van der Waals surface area (Å²) >= 11 is 0. The van der Waals surface area contributed by atoms with Crippen LogP contribution < -0.4 is 19.7 Å². The first-order valence-corrected chi connectivity index (χ1v) is 17.9. The number of hydrogen-bond acceptors (Lipinski definition) is 10. The Hall–Kier alpha value is -4.43. The topological polar surface area (TPSA) is 111 Å². The standard InChI is InChI=1S/C38H45F3N6O5/c1-38(2,3)52-37(48)47-26-8-9-27(47)19-46(18-26)35-34-31(44-36(45-35)50-20-22-6-5-11-42-17-25(39)12-22)14-24(16-43-34)29-15-28(51-21-49-4)13-23-7-10-30(40)33(41)32(23)29/h7,10,13-16,22,25-27,42H,5-6,8-9,11-12,17-21H2,1-4H3/t22-,25-,26?,27?/m1/s1. The zero-order chi connectivity index (χ0) is 36.6. The van der Waals surface area contributed by atoms with Crippen molar-refractivity contribution in [1.82, 2.24) is 25.2 Å². The molecule has 0 radical (unpaired) electrons. The van der Waals surface area contributed by atoms with Crippen LogP contribution in [0.15, 0.2) is 36.5 Å². The van der Waals surface area contributed by atoms with Gasteiger partial charge in [-0.3, -0.25) is 9.88 Å². The Labute approximate surface area is 300 Å². The summed E-state index contributed by atoms with van der Waals surface area (Å²) in [6, 6.07) is 7.50. The molecule has 3 aliphatic heterocycles. The van der Waals surface area contributed by atoms with E-state index < -0.39 is 23.4 Å². The minimum atomic E-state index is -0.989. The lowest BCUT2D eigenvalue weighted by atomic mass is 9.96. The molecule has 1 N–H and O–H groups in total. The molecule has 2 aromatic heterocycles. The number of carbonyl (C=O) groups excluding carboxylic acids is 1. The summed E-state index contributed by atoms with van der Waals surface area (Å²) < 4.78 is 67.4. The zero-order valence-corrected chi connectivity index (χ0v) is 30.0. The van der Waals surface area contributed by atoms with Crippen LogP contribution in [-0.2, 0) is 9.47 Å². The van der Waals surface area contributed by atoms with Crippen LogP contribution in [-0.4, -0.2) is 96.5 Å². The van der Waals surface area contributed by atoms with Gasteiger partial charge in [-0.05, 0) is 101 Å². The zero-order valence-electron chi connectivity index (χ0n) is 30.0. The van der Waals surface area contributed by atoms with Gasteiger partial charge in [0.25, 0.3) is 0 Å². The van der Waals surface area contributed by atoms with E-state index in [1.165, 1.54) is 13.2 Å². The van der Waals surface area contributed by atoms with Crippen LogP contribution in [0.5, 0.6) is 11.8 Å². The first-order valence-electron chi connectivity index (χ1n) is 17.9. The normalized spacial score (nSPS) is 22.4. The van der Waals surface area contributed by atoms with Gasteiger partial charge >= 0.3 is 12.1 Å². The second-order valence-corrected chi connectivity index (χ2v) is 14.9. The van der Waals surface area contributed by atoms with Gasteiger partial charge in [-0.15, -0.1) is 0 Å². The highest BCUT2D eigenvalue weighted by atomic mass is 19.2. The van der Waals surface area contributed by atoms with Gasteiger partial charge in [0, 0.05) is 43.9 Å². The van der Waals surface area contributed by atoms with Gasteiger partial charge in [0.2, 0.25) is 0 Å². The molecule has 1 amide bonds. The highest BCUT2D eigenvalue weighted by Gasteiger charge is 2.45. The van der Waals surface area contributed by atoms with Gasteiger partial charge < -0.3 is 29.2 Å². The lowest BCUT2D eigenvalue weighted by molar-refractivity contribution is 0.0122. The Morgan fingerprint density at radius 3 is 2.58 bits per heavy atom. The molecule has 278 valence electrons. The van der Waals surface area contributed by atoms with Gasteiger partial charge in [0.15, 0.2) is 24.2 Å². The number of fused-ring (bicyclic) bond motifs is 4. The number of alkyl halides is 1. The summed E-state index contributed by atoms with van der Waals surface area (Å²) in [7, 11) is 1.49. The second kappa shape index (κ2) is 14.9. The first-order chi connectivity index (χ1) is 25.0. The second-order valence-electron chi connectivity index (χ2n) is 14.9. The molecule has 2 unspecified atom stereocenters. The maximum Gasteiger partial charge on any atom is 0.410 e. The predicted molar refractivity (Wildman–Crippen MR) is 190 cm³/mol. The Balaban J connectivity index is 1.28. The van der Waals surface area contributed by atoms with Crippen LogP contribution in [0.25, 0.3) is 32.9 Å². The number of hydrogen-bond donors (Lipinski definition) is 1. The molecular formula is C38H45F3N6O5. The van der Waals surface area contributed by atoms with E-state index in [0.29, 0.717) is 65.2 Å². The van der Waals surface area contributed by atoms with Crippen LogP contribution in [0.2, 0.25) is 0 Å². The third kappa shape index (κ3) is 7.68. The number of methoxy groups -OCH3 is 1. The van der Waals surface area contributed by atoms with E-state index in [2.05, 4.69) is 10.2 Å². The summed E-state index contributed by atoms with van der Waals surface area (Å²) in [4.78, 5) is 31.6. The van der Waals surface area contributed by atoms with Crippen LogP contribution >= 0.6 is 0 Å². The van der Waals surface area contributed by atoms with Gasteiger partial charge in [-0.1, -0.05) is 6.07 Å². The molecule has 5 heterocycles. The van der Waals surface area contributed by atoms with Crippen LogP contribution in [0.1, 0.15) is 52.9 Å². The molecule has 3 aliphatic rings. The maximum atomic E-state index is 15.4. The minimum absolute atomic E-state index is 0.0170. The summed E-state index contributed by atoms with van der Waals surface area (Å²) in [6.07, 6.45) is 3.99. The fourth-order valence-corrected chi connectivity index (χ4v) is 7.59. The molecule has 2 bridgehead atoms. The number of anilines is 1. The monoisotopic (exact) mass is 722 g/mol. The molecule has 3 saturated heterocycles. The van der Waals surface area contributed by atoms with Crippen LogP contribution in [0.3, 0.4) is 0 Å². The van der Waals surface area contributed by atoms with E-state index in [9.17, 15) is 13.6 Å². The SMILES string of the molecule is COCOc1cc(-c2cnc3c(N4CC5CCC(C4)N5C(=O)OC(C)(C)C)nc(OC[C@@H]4CCCNC[C@H](F)C4)nc3c2)c2c(F)c(F)ccc2c1. The Morgan fingerprint density at radius 1 is 1.04 bits per heavy atom. The molecule has 0 aliphatic carbocycles. The molecular weight excluding hydrogens is 677 g/mol. The molecule has 4 aromatic rings. The Kier molecular flexibility index (Phi) is 10.3. The van der Waals surface area contributed by atoms with Crippen molar-refractivity contribution in [1.29, 1.82) is 0 Å². The van der Waals surface area contributed by atoms with Gasteiger partial charge in [-0.25, -0.2) is 18.0 Å². The number of rotatable bonds is 8. The lowest BCUT2D eigenvalue weighted by Crippen LogP contribution is -2.57. The Bertz CT molecular complexity index is 1930. The van der Waals surface area contributed by atoms with E-state index in [1.54, 1.807) is 24.4 Å². The highest BCUT2D eigenvalue weighted by molar-refractivity contribution is 6.00. The average molecular weight is 723 g/mol. The molecule has 0 saturated carbocycles. The van der Waals surface area contributed by atoms with Gasteiger partial charge in [-0.2, -0.15) is 9.97 Å². The molecule has 52 heavy (non-hydrogen) atoms. The van der Waals surface area contributed by atoms with Gasteiger partial charge in [0.1, 0.15) is 23.0 Å². The number of carbonyl (C=O) groups is 1. The molecule has 14 heteroatoms. The minimum Gasteiger partial charge on any atom is -0.468 e. The third-order valence-corrected chi connectivity index (χ3v) is 9.89. The quantitative estimate of drug-likeness (QED) is 0.195. The van der Waals surface area contributed by atoms with E-state index >= 15 is 4.39 Å².